The van der Waals surface area contributed by atoms with Crippen LogP contribution in [0.5, 0.6) is 0 Å². The third-order valence-electron chi connectivity index (χ3n) is 3.61. The SMILES string of the molecule is O=C(Nc1ccccc1C(F)(F)F)c1cccc(C(=O)NC2CC2)n1. The lowest BCUT2D eigenvalue weighted by molar-refractivity contribution is -0.136. The lowest BCUT2D eigenvalue weighted by Gasteiger charge is -2.13. The molecule has 2 amide bonds. The van der Waals surface area contributed by atoms with Gasteiger partial charge in [-0.15, -0.1) is 0 Å². The van der Waals surface area contributed by atoms with Gasteiger partial charge in [-0.1, -0.05) is 18.2 Å². The molecule has 1 aromatic carbocycles. The van der Waals surface area contributed by atoms with Crippen LogP contribution in [0.15, 0.2) is 42.5 Å². The Labute approximate surface area is 141 Å². The van der Waals surface area contributed by atoms with Crippen LogP contribution in [0.2, 0.25) is 0 Å². The molecule has 0 radical (unpaired) electrons. The second-order valence-electron chi connectivity index (χ2n) is 5.65. The molecule has 1 fully saturated rings. The third kappa shape index (κ3) is 4.14. The van der Waals surface area contributed by atoms with Crippen LogP contribution in [-0.4, -0.2) is 22.8 Å². The Hall–Kier alpha value is -2.90. The maximum absolute atomic E-state index is 13.0. The molecule has 0 saturated heterocycles. The van der Waals surface area contributed by atoms with E-state index in [1.54, 1.807) is 0 Å². The van der Waals surface area contributed by atoms with Crippen LogP contribution in [0.3, 0.4) is 0 Å². The van der Waals surface area contributed by atoms with E-state index < -0.39 is 23.6 Å². The van der Waals surface area contributed by atoms with Crippen LogP contribution in [0, 0.1) is 0 Å². The van der Waals surface area contributed by atoms with Crippen LogP contribution in [0.1, 0.15) is 39.4 Å². The van der Waals surface area contributed by atoms with Gasteiger partial charge in [0.25, 0.3) is 11.8 Å². The van der Waals surface area contributed by atoms with Crippen molar-refractivity contribution in [2.75, 3.05) is 5.32 Å². The molecule has 1 aliphatic rings. The Kier molecular flexibility index (Phi) is 4.43. The molecule has 1 aromatic heterocycles. The first-order chi connectivity index (χ1) is 11.8. The zero-order valence-corrected chi connectivity index (χ0v) is 12.9. The first-order valence-electron chi connectivity index (χ1n) is 7.60. The summed E-state index contributed by atoms with van der Waals surface area (Å²) in [4.78, 5) is 28.1. The molecular weight excluding hydrogens is 335 g/mol. The second kappa shape index (κ2) is 6.54. The highest BCUT2D eigenvalue weighted by Gasteiger charge is 2.33. The molecule has 1 saturated carbocycles. The third-order valence-corrected chi connectivity index (χ3v) is 3.61. The Morgan fingerprint density at radius 3 is 2.24 bits per heavy atom. The van der Waals surface area contributed by atoms with Crippen molar-refractivity contribution >= 4 is 17.5 Å². The van der Waals surface area contributed by atoms with Gasteiger partial charge < -0.3 is 10.6 Å². The predicted molar refractivity (Wildman–Crippen MR) is 84.1 cm³/mol. The number of nitrogens with zero attached hydrogens (tertiary/aromatic N) is 1. The van der Waals surface area contributed by atoms with E-state index in [9.17, 15) is 22.8 Å². The monoisotopic (exact) mass is 349 g/mol. The summed E-state index contributed by atoms with van der Waals surface area (Å²) >= 11 is 0. The van der Waals surface area contributed by atoms with Crippen molar-refractivity contribution in [3.05, 3.63) is 59.4 Å². The minimum atomic E-state index is -4.59. The summed E-state index contributed by atoms with van der Waals surface area (Å²) in [5.74, 6) is -1.23. The minimum absolute atomic E-state index is 0.0451. The van der Waals surface area contributed by atoms with Gasteiger partial charge in [-0.25, -0.2) is 4.98 Å². The molecule has 0 spiro atoms. The molecule has 0 atom stereocenters. The first kappa shape index (κ1) is 16.9. The molecule has 1 heterocycles. The van der Waals surface area contributed by atoms with Crippen LogP contribution in [0.25, 0.3) is 0 Å². The fourth-order valence-electron chi connectivity index (χ4n) is 2.20. The Balaban J connectivity index is 1.79. The minimum Gasteiger partial charge on any atom is -0.348 e. The summed E-state index contributed by atoms with van der Waals surface area (Å²) in [5.41, 5.74) is -1.41. The number of aromatic nitrogens is 1. The highest BCUT2D eigenvalue weighted by Crippen LogP contribution is 2.34. The van der Waals surface area contributed by atoms with Crippen molar-refractivity contribution in [3.8, 4) is 0 Å². The molecule has 0 unspecified atom stereocenters. The summed E-state index contributed by atoms with van der Waals surface area (Å²) in [6.07, 6.45) is -2.79. The first-order valence-corrected chi connectivity index (χ1v) is 7.60. The smallest absolute Gasteiger partial charge is 0.348 e. The van der Waals surface area contributed by atoms with E-state index in [0.717, 1.165) is 25.0 Å². The highest BCUT2D eigenvalue weighted by molar-refractivity contribution is 6.04. The second-order valence-corrected chi connectivity index (χ2v) is 5.65. The highest BCUT2D eigenvalue weighted by atomic mass is 19.4. The molecule has 130 valence electrons. The van der Waals surface area contributed by atoms with E-state index in [1.165, 1.54) is 30.3 Å². The maximum atomic E-state index is 13.0. The van der Waals surface area contributed by atoms with Crippen LogP contribution in [-0.2, 0) is 6.18 Å². The number of pyridine rings is 1. The lowest BCUT2D eigenvalue weighted by atomic mass is 10.1. The molecular formula is C17H14F3N3O2. The van der Waals surface area contributed by atoms with Crippen molar-refractivity contribution in [1.82, 2.24) is 10.3 Å². The molecule has 5 nitrogen and oxygen atoms in total. The number of para-hydroxylation sites is 1. The van der Waals surface area contributed by atoms with E-state index in [4.69, 9.17) is 0 Å². The predicted octanol–water partition coefficient (Wildman–Crippen LogP) is 3.24. The van der Waals surface area contributed by atoms with E-state index in [-0.39, 0.29) is 23.1 Å². The molecule has 8 heteroatoms. The lowest BCUT2D eigenvalue weighted by Crippen LogP contribution is -2.27. The number of rotatable bonds is 4. The fraction of sp³-hybridized carbons (Fsp3) is 0.235. The topological polar surface area (TPSA) is 71.1 Å². The van der Waals surface area contributed by atoms with E-state index >= 15 is 0 Å². The maximum Gasteiger partial charge on any atom is 0.418 e. The summed E-state index contributed by atoms with van der Waals surface area (Å²) in [6, 6.07) is 9.02. The van der Waals surface area contributed by atoms with Gasteiger partial charge in [0.15, 0.2) is 0 Å². The molecule has 2 aromatic rings. The summed E-state index contributed by atoms with van der Waals surface area (Å²) in [6.45, 7) is 0. The Morgan fingerprint density at radius 1 is 0.960 bits per heavy atom. The molecule has 3 rings (SSSR count). The number of hydrogen-bond donors (Lipinski definition) is 2. The number of nitrogens with one attached hydrogen (secondary N) is 2. The number of amides is 2. The number of alkyl halides is 3. The zero-order valence-electron chi connectivity index (χ0n) is 12.9. The fourth-order valence-corrected chi connectivity index (χ4v) is 2.20. The average molecular weight is 349 g/mol. The van der Waals surface area contributed by atoms with Crippen LogP contribution < -0.4 is 10.6 Å². The van der Waals surface area contributed by atoms with Crippen molar-refractivity contribution in [3.63, 3.8) is 0 Å². The van der Waals surface area contributed by atoms with Gasteiger partial charge >= 0.3 is 6.18 Å². The number of carbonyl (C=O) groups is 2. The van der Waals surface area contributed by atoms with Gasteiger partial charge in [0.1, 0.15) is 11.4 Å². The summed E-state index contributed by atoms with van der Waals surface area (Å²) < 4.78 is 38.9. The molecule has 1 aliphatic carbocycles. The number of carbonyl (C=O) groups excluding carboxylic acids is 2. The molecule has 25 heavy (non-hydrogen) atoms. The quantitative estimate of drug-likeness (QED) is 0.890. The number of halogens is 3. The largest absolute Gasteiger partial charge is 0.418 e. The van der Waals surface area contributed by atoms with Crippen LogP contribution in [0.4, 0.5) is 18.9 Å². The normalized spacial score (nSPS) is 14.0. The van der Waals surface area contributed by atoms with Gasteiger partial charge in [-0.05, 0) is 37.1 Å². The molecule has 0 bridgehead atoms. The van der Waals surface area contributed by atoms with E-state index in [2.05, 4.69) is 15.6 Å². The molecule has 0 aliphatic heterocycles. The van der Waals surface area contributed by atoms with Crippen molar-refractivity contribution < 1.29 is 22.8 Å². The average Bonchev–Trinajstić information content (AvgIpc) is 3.38. The number of hydrogen-bond acceptors (Lipinski definition) is 3. The summed E-state index contributed by atoms with van der Waals surface area (Å²) in [5, 5.41) is 4.93. The van der Waals surface area contributed by atoms with Gasteiger partial charge in [-0.3, -0.25) is 9.59 Å². The van der Waals surface area contributed by atoms with Crippen molar-refractivity contribution in [2.45, 2.75) is 25.1 Å². The number of anilines is 1. The van der Waals surface area contributed by atoms with Gasteiger partial charge in [-0.2, -0.15) is 13.2 Å². The van der Waals surface area contributed by atoms with E-state index in [1.807, 2.05) is 0 Å². The van der Waals surface area contributed by atoms with E-state index in [0.29, 0.717) is 0 Å². The summed E-state index contributed by atoms with van der Waals surface area (Å²) in [7, 11) is 0. The Morgan fingerprint density at radius 2 is 1.60 bits per heavy atom. The van der Waals surface area contributed by atoms with Gasteiger partial charge in [0, 0.05) is 6.04 Å². The zero-order chi connectivity index (χ0) is 18.0. The van der Waals surface area contributed by atoms with Gasteiger partial charge in [0.2, 0.25) is 0 Å². The standard InChI is InChI=1S/C17H14F3N3O2/c18-17(19,20)11-4-1-2-5-12(11)23-16(25)14-7-3-6-13(22-14)15(24)21-10-8-9-10/h1-7,10H,8-9H2,(H,21,24)(H,23,25). The molecule has 2 N–H and O–H groups in total. The van der Waals surface area contributed by atoms with Crippen LogP contribution >= 0.6 is 0 Å². The number of benzene rings is 1. The van der Waals surface area contributed by atoms with Crippen molar-refractivity contribution in [2.24, 2.45) is 0 Å². The van der Waals surface area contributed by atoms with Gasteiger partial charge in [0.05, 0.1) is 11.3 Å². The Bertz CT molecular complexity index is 817. The van der Waals surface area contributed by atoms with Crippen molar-refractivity contribution in [1.29, 1.82) is 0 Å².